The van der Waals surface area contributed by atoms with Crippen LogP contribution in [-0.4, -0.2) is 67.5 Å². The number of nitrogens with zero attached hydrogens (tertiary/aromatic N) is 4. The molecule has 0 saturated carbocycles. The van der Waals surface area contributed by atoms with Crippen LogP contribution < -0.4 is 34.3 Å². The van der Waals surface area contributed by atoms with Crippen LogP contribution in [0.4, 0.5) is 23.0 Å². The highest BCUT2D eigenvalue weighted by Gasteiger charge is 2.20. The Morgan fingerprint density at radius 2 is 0.958 bits per heavy atom. The number of aromatic nitrogens is 4. The lowest BCUT2D eigenvalue weighted by atomic mass is 10.1. The highest BCUT2D eigenvalue weighted by Crippen LogP contribution is 2.36. The fourth-order valence-corrected chi connectivity index (χ4v) is 9.07. The van der Waals surface area contributed by atoms with Gasteiger partial charge in [0.1, 0.15) is 41.5 Å². The zero-order chi connectivity index (χ0) is 50.8. The molecule has 71 heavy (non-hydrogen) atoms. The summed E-state index contributed by atoms with van der Waals surface area (Å²) in [7, 11) is -5.19. The van der Waals surface area contributed by atoms with E-state index >= 15 is 0 Å². The van der Waals surface area contributed by atoms with Crippen molar-refractivity contribution in [1.29, 1.82) is 0 Å². The van der Waals surface area contributed by atoms with E-state index in [1.54, 1.807) is 46.9 Å². The van der Waals surface area contributed by atoms with E-state index in [-0.39, 0.29) is 0 Å². The molecule has 0 spiro atoms. The van der Waals surface area contributed by atoms with Gasteiger partial charge in [-0.05, 0) is 119 Å². The van der Waals surface area contributed by atoms with Crippen LogP contribution in [0.25, 0.3) is 21.8 Å². The average Bonchev–Trinajstić information content (AvgIpc) is 3.31. The molecule has 8 aromatic rings. The molecule has 0 aliphatic carbocycles. The maximum Gasteiger partial charge on any atom is 0.209 e. The summed E-state index contributed by atoms with van der Waals surface area (Å²) in [6.45, 7) is 6.81. The second kappa shape index (κ2) is 21.9. The predicted molar refractivity (Wildman–Crippen MR) is 281 cm³/mol. The summed E-state index contributed by atoms with van der Waals surface area (Å²) in [6, 6.07) is 40.9. The van der Waals surface area contributed by atoms with Crippen molar-refractivity contribution in [3.05, 3.63) is 162 Å². The van der Waals surface area contributed by atoms with E-state index < -0.39 is 31.1 Å². The minimum atomic E-state index is -3.39. The Labute approximate surface area is 418 Å². The summed E-state index contributed by atoms with van der Waals surface area (Å²) < 4.78 is 68.7. The van der Waals surface area contributed by atoms with Crippen molar-refractivity contribution in [2.24, 2.45) is 0 Å². The minimum absolute atomic E-state index is 0.448. The summed E-state index contributed by atoms with van der Waals surface area (Å²) >= 11 is 6.45. The summed E-state index contributed by atoms with van der Waals surface area (Å²) in [5.41, 5.74) is 2.51. The van der Waals surface area contributed by atoms with Crippen molar-refractivity contribution in [3.63, 3.8) is 0 Å². The van der Waals surface area contributed by atoms with Gasteiger partial charge in [0, 0.05) is 39.3 Å². The van der Waals surface area contributed by atoms with Crippen LogP contribution >= 0.6 is 11.6 Å². The van der Waals surface area contributed by atoms with Crippen LogP contribution in [0.1, 0.15) is 38.8 Å². The largest absolute Gasteiger partial charge is 0.493 e. The molecule has 362 valence electrons. The molecule has 4 N–H and O–H groups in total. The maximum absolute atomic E-state index is 11.6. The molecule has 2 heterocycles. The molecule has 0 unspecified atom stereocenters. The number of halogens is 1. The van der Waals surface area contributed by atoms with E-state index in [0.29, 0.717) is 56.5 Å². The van der Waals surface area contributed by atoms with Crippen LogP contribution in [-0.2, 0) is 20.0 Å². The molecule has 18 heteroatoms. The Bertz CT molecular complexity index is 3580. The third-order valence-electron chi connectivity index (χ3n) is 9.75. The molecule has 8 rings (SSSR count). The van der Waals surface area contributed by atoms with Crippen molar-refractivity contribution >= 4 is 76.5 Å². The first kappa shape index (κ1) is 51.1. The molecule has 0 radical (unpaired) electrons. The zero-order valence-electron chi connectivity index (χ0n) is 39.7. The van der Waals surface area contributed by atoms with E-state index in [1.807, 2.05) is 121 Å². The van der Waals surface area contributed by atoms with Gasteiger partial charge in [-0.1, -0.05) is 71.7 Å². The fourth-order valence-electron chi connectivity index (χ4n) is 6.90. The van der Waals surface area contributed by atoms with Gasteiger partial charge in [-0.2, -0.15) is 9.44 Å². The quantitative estimate of drug-likeness (QED) is 0.0798. The van der Waals surface area contributed by atoms with Crippen molar-refractivity contribution in [2.75, 3.05) is 30.3 Å². The second-order valence-electron chi connectivity index (χ2n) is 17.0. The standard InChI is InChI=1S/C27H26N4O4S.C26H23ClN4O3S/c1-27(2,31-36(4,32)33)15-14-19-10-12-23-22(16-19)26(29-18-28-23)30-20-11-13-24(25(17-20)34-3)35-21-8-6-5-7-9-21;1-26(2,31-35(3,32)33)14-13-18-9-11-23-21(15-18)25(29-17-28-23)30-19-10-12-24(22(27)16-19)34-20-7-5-4-6-8-20/h5-13,16-18,31H,1-4H3,(H,28,29,30);4-12,15-17,31H,1-3H3,(H,28,29,30). The predicted octanol–water partition coefficient (Wildman–Crippen LogP) is 10.4. The average molecular weight is 1010 g/mol. The molecule has 0 amide bonds. The molecule has 0 saturated heterocycles. The molecule has 0 aliphatic rings. The molecule has 0 bridgehead atoms. The Balaban J connectivity index is 0.000000209. The SMILES string of the molecule is CC(C)(C#Cc1ccc2ncnc(Nc3ccc(Oc4ccccc4)c(Cl)c3)c2c1)NS(C)(=O)=O.COc1cc(Nc2ncnc3ccc(C#CC(C)(C)NS(C)(=O)=O)cc23)ccc1Oc1ccccc1. The van der Waals surface area contributed by atoms with Gasteiger partial charge in [-0.3, -0.25) is 0 Å². The lowest BCUT2D eigenvalue weighted by molar-refractivity contribution is 0.379. The number of hydrogen-bond donors (Lipinski definition) is 4. The maximum atomic E-state index is 11.6. The Morgan fingerprint density at radius 1 is 0.521 bits per heavy atom. The molecule has 0 atom stereocenters. The fraction of sp³-hybridized carbons (Fsp3) is 0.170. The molecule has 6 aromatic carbocycles. The van der Waals surface area contributed by atoms with Gasteiger partial charge in [0.2, 0.25) is 20.0 Å². The van der Waals surface area contributed by atoms with E-state index in [2.05, 4.69) is 63.7 Å². The van der Waals surface area contributed by atoms with Crippen molar-refractivity contribution in [1.82, 2.24) is 29.4 Å². The van der Waals surface area contributed by atoms with Crippen molar-refractivity contribution < 1.29 is 31.0 Å². The number of fused-ring (bicyclic) bond motifs is 2. The highest BCUT2D eigenvalue weighted by atomic mass is 35.5. The molecular weight excluding hydrogens is 960 g/mol. The van der Waals surface area contributed by atoms with Gasteiger partial charge < -0.3 is 24.8 Å². The van der Waals surface area contributed by atoms with Gasteiger partial charge in [0.15, 0.2) is 11.5 Å². The molecular formula is C53H49ClN8O7S2. The Morgan fingerprint density at radius 3 is 1.39 bits per heavy atom. The van der Waals surface area contributed by atoms with Crippen molar-refractivity contribution in [3.8, 4) is 52.4 Å². The van der Waals surface area contributed by atoms with E-state index in [0.717, 1.165) is 45.7 Å². The zero-order valence-corrected chi connectivity index (χ0v) is 42.1. The van der Waals surface area contributed by atoms with Gasteiger partial charge in [-0.25, -0.2) is 36.8 Å². The number of rotatable bonds is 13. The summed E-state index contributed by atoms with van der Waals surface area (Å²) in [6.07, 6.45) is 5.17. The summed E-state index contributed by atoms with van der Waals surface area (Å²) in [5, 5.41) is 8.57. The number of hydrogen-bond acceptors (Lipinski definition) is 13. The Hall–Kier alpha value is -7.77. The number of methoxy groups -OCH3 is 1. The van der Waals surface area contributed by atoms with E-state index in [9.17, 15) is 16.8 Å². The lowest BCUT2D eigenvalue weighted by Crippen LogP contribution is -2.41. The van der Waals surface area contributed by atoms with Gasteiger partial charge in [0.05, 0.1) is 46.8 Å². The monoisotopic (exact) mass is 1010 g/mol. The highest BCUT2D eigenvalue weighted by molar-refractivity contribution is 7.89. The normalized spacial score (nSPS) is 11.5. The molecule has 0 fully saturated rings. The number of anilines is 4. The number of ether oxygens (including phenoxy) is 3. The van der Waals surface area contributed by atoms with Crippen LogP contribution in [0.15, 0.2) is 146 Å². The first-order valence-electron chi connectivity index (χ1n) is 21.7. The number of benzene rings is 6. The number of sulfonamides is 2. The number of nitrogens with one attached hydrogen (secondary N) is 4. The van der Waals surface area contributed by atoms with E-state index in [1.165, 1.54) is 12.7 Å². The number of para-hydroxylation sites is 2. The van der Waals surface area contributed by atoms with Gasteiger partial charge in [0.25, 0.3) is 0 Å². The third kappa shape index (κ3) is 15.1. The lowest BCUT2D eigenvalue weighted by Gasteiger charge is -2.17. The smallest absolute Gasteiger partial charge is 0.209 e. The van der Waals surface area contributed by atoms with Crippen LogP contribution in [0.5, 0.6) is 28.7 Å². The van der Waals surface area contributed by atoms with Gasteiger partial charge in [-0.15, -0.1) is 0 Å². The van der Waals surface area contributed by atoms with E-state index in [4.69, 9.17) is 25.8 Å². The minimum Gasteiger partial charge on any atom is -0.493 e. The topological polar surface area (TPSA) is 196 Å². The third-order valence-corrected chi connectivity index (χ3v) is 11.8. The first-order chi connectivity index (χ1) is 33.7. The van der Waals surface area contributed by atoms with Crippen LogP contribution in [0, 0.1) is 23.7 Å². The van der Waals surface area contributed by atoms with Gasteiger partial charge >= 0.3 is 0 Å². The molecule has 15 nitrogen and oxygen atoms in total. The molecule has 2 aromatic heterocycles. The summed E-state index contributed by atoms with van der Waals surface area (Å²) in [5.74, 6) is 16.3. The molecule has 0 aliphatic heterocycles. The first-order valence-corrected chi connectivity index (χ1v) is 25.9. The Kier molecular flexibility index (Phi) is 15.8. The van der Waals surface area contributed by atoms with Crippen LogP contribution in [0.3, 0.4) is 0 Å². The summed E-state index contributed by atoms with van der Waals surface area (Å²) in [4.78, 5) is 17.5. The van der Waals surface area contributed by atoms with Crippen LogP contribution in [0.2, 0.25) is 5.02 Å². The van der Waals surface area contributed by atoms with Crippen molar-refractivity contribution in [2.45, 2.75) is 38.8 Å². The second-order valence-corrected chi connectivity index (χ2v) is 20.9.